The molecule has 2 unspecified atom stereocenters. The van der Waals surface area contributed by atoms with E-state index in [4.69, 9.17) is 21.1 Å². The lowest BCUT2D eigenvalue weighted by Crippen LogP contribution is -2.52. The Kier molecular flexibility index (Phi) is 8.14. The number of alkyl halides is 2. The van der Waals surface area contributed by atoms with Crippen LogP contribution in [0.15, 0.2) is 12.1 Å². The van der Waals surface area contributed by atoms with Crippen LogP contribution in [-0.4, -0.2) is 73.2 Å². The fourth-order valence-corrected chi connectivity index (χ4v) is 7.78. The van der Waals surface area contributed by atoms with E-state index in [1.54, 1.807) is 12.1 Å². The highest BCUT2D eigenvalue weighted by molar-refractivity contribution is 6.31. The highest BCUT2D eigenvalue weighted by Crippen LogP contribution is 2.53. The maximum atomic E-state index is 14.6. The van der Waals surface area contributed by atoms with Gasteiger partial charge in [0.1, 0.15) is 29.8 Å². The number of amides is 2. The molecule has 1 saturated carbocycles. The second kappa shape index (κ2) is 11.6. The van der Waals surface area contributed by atoms with Crippen molar-refractivity contribution in [1.29, 1.82) is 0 Å². The number of hydrogen-bond acceptors (Lipinski definition) is 7. The van der Waals surface area contributed by atoms with E-state index in [1.165, 1.54) is 7.05 Å². The Hall–Kier alpha value is -2.83. The summed E-state index contributed by atoms with van der Waals surface area (Å²) in [5.41, 5.74) is 0.677. The third kappa shape index (κ3) is 5.39. The molecule has 3 aliphatic heterocycles. The van der Waals surface area contributed by atoms with Crippen LogP contribution in [0, 0.1) is 11.3 Å². The molecule has 2 amide bonds. The van der Waals surface area contributed by atoms with E-state index < -0.39 is 24.2 Å². The van der Waals surface area contributed by atoms with Gasteiger partial charge >= 0.3 is 0 Å². The number of ether oxygens (including phenoxy) is 2. The van der Waals surface area contributed by atoms with Crippen LogP contribution in [0.2, 0.25) is 5.02 Å². The van der Waals surface area contributed by atoms with Gasteiger partial charge in [-0.2, -0.15) is 0 Å². The van der Waals surface area contributed by atoms with Crippen molar-refractivity contribution in [3.8, 4) is 5.75 Å². The van der Waals surface area contributed by atoms with Crippen LogP contribution in [0.25, 0.3) is 0 Å². The first-order valence-corrected chi connectivity index (χ1v) is 15.4. The molecule has 4 heterocycles. The van der Waals surface area contributed by atoms with E-state index >= 15 is 0 Å². The van der Waals surface area contributed by atoms with Crippen molar-refractivity contribution >= 4 is 23.4 Å². The van der Waals surface area contributed by atoms with Crippen molar-refractivity contribution in [3.05, 3.63) is 39.7 Å². The number of benzene rings is 1. The summed E-state index contributed by atoms with van der Waals surface area (Å²) in [5, 5.41) is 18.3. The van der Waals surface area contributed by atoms with E-state index in [0.29, 0.717) is 42.1 Å². The van der Waals surface area contributed by atoms with Gasteiger partial charge in [-0.15, -0.1) is 5.10 Å². The molecule has 1 aromatic heterocycles. The molecule has 0 spiro atoms. The summed E-state index contributed by atoms with van der Waals surface area (Å²) in [6, 6.07) is 2.83. The van der Waals surface area contributed by atoms with Crippen LogP contribution in [0.1, 0.15) is 87.4 Å². The second-order valence-electron chi connectivity index (χ2n) is 12.6. The molecule has 3 fully saturated rings. The minimum atomic E-state index is -2.78. The minimum Gasteiger partial charge on any atom is -0.487 e. The summed E-state index contributed by atoms with van der Waals surface area (Å²) in [4.78, 5) is 31.2. The topological polar surface area (TPSA) is 113 Å². The summed E-state index contributed by atoms with van der Waals surface area (Å²) < 4.78 is 40.2. The Balaban J connectivity index is 1.38. The summed E-state index contributed by atoms with van der Waals surface area (Å²) in [6.45, 7) is 4.44. The van der Waals surface area contributed by atoms with Crippen molar-refractivity contribution in [1.82, 2.24) is 24.8 Å². The number of rotatable bonds is 8. The van der Waals surface area contributed by atoms with Crippen molar-refractivity contribution < 1.29 is 33.0 Å². The average Bonchev–Trinajstić information content (AvgIpc) is 3.49. The van der Waals surface area contributed by atoms with Crippen LogP contribution in [0.4, 0.5) is 8.78 Å². The van der Waals surface area contributed by atoms with Crippen LogP contribution in [-0.2, 0) is 34.4 Å². The zero-order valence-corrected chi connectivity index (χ0v) is 25.4. The molecule has 0 bridgehead atoms. The molecular weight excluding hydrogens is 584 g/mol. The SMILES string of the molecule is C[C@@H]1CCC(=O)N1C[C@@H]1c2c(OCc3nnn(C)c3C(F)F)ccc(Cl)c2CCN1C(=O)[C@@H]1CCCC[C@]1(C)C1OC1O. The van der Waals surface area contributed by atoms with Crippen LogP contribution < -0.4 is 4.74 Å². The molecular formula is C30H38ClF2N5O5. The molecule has 2 saturated heterocycles. The lowest BCUT2D eigenvalue weighted by atomic mass is 9.64. The normalized spacial score (nSPS) is 30.6. The van der Waals surface area contributed by atoms with Gasteiger partial charge in [0.25, 0.3) is 6.43 Å². The first-order chi connectivity index (χ1) is 20.5. The fraction of sp³-hybridized carbons (Fsp3) is 0.667. The van der Waals surface area contributed by atoms with E-state index in [-0.39, 0.29) is 54.4 Å². The Bertz CT molecular complexity index is 1410. The Morgan fingerprint density at radius 3 is 2.72 bits per heavy atom. The third-order valence-electron chi connectivity index (χ3n) is 10.0. The van der Waals surface area contributed by atoms with Gasteiger partial charge < -0.3 is 24.4 Å². The molecule has 234 valence electrons. The quantitative estimate of drug-likeness (QED) is 0.437. The summed E-state index contributed by atoms with van der Waals surface area (Å²) in [6.07, 6.45) is 0.910. The van der Waals surface area contributed by atoms with E-state index in [9.17, 15) is 23.5 Å². The number of carbonyl (C=O) groups is 2. The number of halogens is 3. The number of aromatic nitrogens is 3. The van der Waals surface area contributed by atoms with Gasteiger partial charge in [0, 0.05) is 54.5 Å². The molecule has 6 rings (SSSR count). The standard InChI is InChI=1S/C30H38ClF2N5O5/c1-16-7-10-23(39)38(16)14-21-24-17(19(31)8-9-22(24)42-15-20-25(27(32)33)36(3)35-34-20)11-13-37(21)28(40)18-6-4-5-12-30(18,2)26-29(41)43-26/h8-9,16,18,21,26-27,29,41H,4-7,10-15H2,1-3H3/t16-,18+,21-,26?,29?,30+/m1/s1. The molecule has 6 atom stereocenters. The number of aryl methyl sites for hydroxylation is 1. The summed E-state index contributed by atoms with van der Waals surface area (Å²) in [7, 11) is 1.40. The number of carbonyl (C=O) groups excluding carboxylic acids is 2. The molecule has 1 N–H and O–H groups in total. The van der Waals surface area contributed by atoms with Crippen LogP contribution >= 0.6 is 11.6 Å². The molecule has 1 aromatic carbocycles. The molecule has 10 nitrogen and oxygen atoms in total. The highest BCUT2D eigenvalue weighted by Gasteiger charge is 2.58. The van der Waals surface area contributed by atoms with Crippen molar-refractivity contribution in [3.63, 3.8) is 0 Å². The monoisotopic (exact) mass is 621 g/mol. The number of epoxide rings is 1. The van der Waals surface area contributed by atoms with Gasteiger partial charge in [0.2, 0.25) is 11.8 Å². The predicted octanol–water partition coefficient (Wildman–Crippen LogP) is 4.34. The van der Waals surface area contributed by atoms with Crippen molar-refractivity contribution in [2.75, 3.05) is 13.1 Å². The zero-order valence-electron chi connectivity index (χ0n) is 24.6. The number of likely N-dealkylation sites (tertiary alicyclic amines) is 1. The predicted molar refractivity (Wildman–Crippen MR) is 151 cm³/mol. The lowest BCUT2D eigenvalue weighted by molar-refractivity contribution is -0.147. The maximum absolute atomic E-state index is 14.6. The van der Waals surface area contributed by atoms with Gasteiger partial charge in [-0.05, 0) is 50.3 Å². The average molecular weight is 622 g/mol. The number of fused-ring (bicyclic) bond motifs is 1. The number of nitrogens with zero attached hydrogens (tertiary/aromatic N) is 5. The van der Waals surface area contributed by atoms with Gasteiger partial charge in [0.05, 0.1) is 6.04 Å². The molecule has 43 heavy (non-hydrogen) atoms. The Morgan fingerprint density at radius 2 is 2.05 bits per heavy atom. The number of aliphatic hydroxyl groups excluding tert-OH is 1. The first-order valence-electron chi connectivity index (χ1n) is 15.1. The van der Waals surface area contributed by atoms with Crippen molar-refractivity contribution in [2.24, 2.45) is 18.4 Å². The number of hydrogen-bond donors (Lipinski definition) is 1. The Morgan fingerprint density at radius 1 is 1.28 bits per heavy atom. The second-order valence-corrected chi connectivity index (χ2v) is 13.0. The summed E-state index contributed by atoms with van der Waals surface area (Å²) in [5.74, 6) is 0.0182. The first kappa shape index (κ1) is 30.2. The third-order valence-corrected chi connectivity index (χ3v) is 10.4. The fourth-order valence-electron chi connectivity index (χ4n) is 7.52. The largest absolute Gasteiger partial charge is 0.487 e. The van der Waals surface area contributed by atoms with E-state index in [0.717, 1.165) is 35.9 Å². The number of aliphatic hydroxyl groups is 1. The zero-order chi connectivity index (χ0) is 30.6. The van der Waals surface area contributed by atoms with Gasteiger partial charge in [-0.25, -0.2) is 13.5 Å². The smallest absolute Gasteiger partial charge is 0.282 e. The molecule has 4 aliphatic rings. The minimum absolute atomic E-state index is 0.00142. The molecule has 1 aliphatic carbocycles. The highest BCUT2D eigenvalue weighted by atomic mass is 35.5. The van der Waals surface area contributed by atoms with Gasteiger partial charge in [0.15, 0.2) is 6.29 Å². The van der Waals surface area contributed by atoms with Crippen LogP contribution in [0.3, 0.4) is 0 Å². The van der Waals surface area contributed by atoms with Gasteiger partial charge in [-0.1, -0.05) is 36.6 Å². The van der Waals surface area contributed by atoms with E-state index in [2.05, 4.69) is 10.3 Å². The molecule has 0 radical (unpaired) electrons. The van der Waals surface area contributed by atoms with Crippen molar-refractivity contribution in [2.45, 2.75) is 96.3 Å². The molecule has 2 aromatic rings. The van der Waals surface area contributed by atoms with Gasteiger partial charge in [-0.3, -0.25) is 9.59 Å². The lowest BCUT2D eigenvalue weighted by Gasteiger charge is -2.46. The maximum Gasteiger partial charge on any atom is 0.282 e. The summed E-state index contributed by atoms with van der Waals surface area (Å²) >= 11 is 6.72. The van der Waals surface area contributed by atoms with E-state index in [1.807, 2.05) is 23.6 Å². The Labute approximate surface area is 254 Å². The van der Waals surface area contributed by atoms with Crippen LogP contribution in [0.5, 0.6) is 5.75 Å². The molecule has 13 heteroatoms.